The topological polar surface area (TPSA) is 371 Å². The monoisotopic (exact) mass is 1690 g/mol. The third-order valence-corrected chi connectivity index (χ3v) is 22.7. The van der Waals surface area contributed by atoms with Crippen molar-refractivity contribution in [2.24, 2.45) is 27.6 Å². The molecule has 5 aromatic carbocycles. The number of Topliss-reactive ketones (excluding diaryl/α,β-unsaturated/α-hetero) is 1. The number of nitrogens with two attached hydrogens (primary N) is 1. The fourth-order valence-electron chi connectivity index (χ4n) is 15.6. The molecule has 654 valence electrons. The van der Waals surface area contributed by atoms with Gasteiger partial charge in [0.05, 0.1) is 79.4 Å². The molecule has 5 aromatic rings. The van der Waals surface area contributed by atoms with Gasteiger partial charge < -0.3 is 69.5 Å². The Morgan fingerprint density at radius 2 is 1.09 bits per heavy atom. The first kappa shape index (κ1) is 88.9. The first-order valence-electron chi connectivity index (χ1n) is 42.1. The Labute approximate surface area is 712 Å². The first-order valence-corrected chi connectivity index (χ1v) is 42.1. The van der Waals surface area contributed by atoms with Crippen molar-refractivity contribution in [3.8, 4) is 23.0 Å². The number of imide groups is 1. The number of likely N-dealkylation sites (N-methyl/N-ethyl adjacent to an activating group) is 1. The smallest absolute Gasteiger partial charge is 0.346 e. The average Bonchev–Trinajstić information content (AvgIpc) is 1.64. The number of nitrogens with one attached hydrogen (secondary N) is 2. The SMILES string of the molecule is C=C(OCc1ccc(CC(=O)[C@H](CCCCC(N)=O)NC(=O)[C@@H](CC(=O)OOOOOOOOCCNC(=O)CCN2C(=O)C=CC2=O)C(C)C)cc1)N1CCN(c2ccc(C3=CN4C(=O)c5cc6c(cc5N=C[C@@H]4C3)OCCCOc3cc4c(cc3OCCCCCCCCO6)C(=O)N3C=C(c5ccc(N6CCN(C)CC6)cc5)C[C@H]3C=N4)cc2)CC1. The molecule has 4 N–H and O–H groups in total. The molecule has 2 saturated heterocycles. The van der Waals surface area contributed by atoms with Gasteiger partial charge in [0.15, 0.2) is 34.7 Å². The zero-order chi connectivity index (χ0) is 86.1. The molecule has 0 bridgehead atoms. The Kier molecular flexibility index (Phi) is 31.6. The van der Waals surface area contributed by atoms with Crippen LogP contribution in [0.4, 0.5) is 22.7 Å². The Hall–Kier alpha value is -11.9. The minimum atomic E-state index is -1.06. The molecule has 8 heterocycles. The summed E-state index contributed by atoms with van der Waals surface area (Å²) >= 11 is 0. The van der Waals surface area contributed by atoms with Gasteiger partial charge in [-0.25, -0.2) is 9.68 Å². The van der Waals surface area contributed by atoms with Crippen LogP contribution in [0.3, 0.4) is 0 Å². The number of fused-ring (bicyclic) bond motifs is 6. The summed E-state index contributed by atoms with van der Waals surface area (Å²) in [5.41, 5.74) is 15.3. The number of carbonyl (C=O) groups excluding carboxylic acids is 9. The summed E-state index contributed by atoms with van der Waals surface area (Å²) < 4.78 is 32.0. The molecule has 0 aliphatic carbocycles. The summed E-state index contributed by atoms with van der Waals surface area (Å²) in [5.74, 6) is -3.17. The van der Waals surface area contributed by atoms with Crippen LogP contribution in [0.15, 0.2) is 144 Å². The van der Waals surface area contributed by atoms with E-state index in [4.69, 9.17) is 39.4 Å². The Morgan fingerprint density at radius 3 is 1.63 bits per heavy atom. The van der Waals surface area contributed by atoms with E-state index in [1.165, 1.54) is 5.69 Å². The van der Waals surface area contributed by atoms with Crippen molar-refractivity contribution < 1.29 is 107 Å². The zero-order valence-corrected chi connectivity index (χ0v) is 69.5. The lowest BCUT2D eigenvalue weighted by atomic mass is 9.90. The summed E-state index contributed by atoms with van der Waals surface area (Å²) in [7, 11) is 2.16. The molecule has 0 spiro atoms. The number of piperazine rings is 2. The second-order valence-electron chi connectivity index (χ2n) is 31.6. The molecule has 13 rings (SSSR count). The van der Waals surface area contributed by atoms with E-state index < -0.39 is 59.8 Å². The van der Waals surface area contributed by atoms with Crippen molar-refractivity contribution in [1.82, 2.24) is 35.1 Å². The number of primary amides is 1. The van der Waals surface area contributed by atoms with E-state index in [2.05, 4.69) is 132 Å². The molecule has 34 heteroatoms. The highest BCUT2D eigenvalue weighted by molar-refractivity contribution is 6.13. The third kappa shape index (κ3) is 24.5. The van der Waals surface area contributed by atoms with Crippen LogP contribution in [-0.4, -0.2) is 214 Å². The lowest BCUT2D eigenvalue weighted by molar-refractivity contribution is -0.810. The third-order valence-electron chi connectivity index (χ3n) is 22.7. The average molecular weight is 1700 g/mol. The number of rotatable bonds is 34. The van der Waals surface area contributed by atoms with Crippen LogP contribution in [0, 0.1) is 11.8 Å². The predicted octanol–water partition coefficient (Wildman–Crippen LogP) is 9.95. The zero-order valence-electron chi connectivity index (χ0n) is 69.5. The Morgan fingerprint density at radius 1 is 0.585 bits per heavy atom. The van der Waals surface area contributed by atoms with Crippen LogP contribution in [0.2, 0.25) is 0 Å². The van der Waals surface area contributed by atoms with E-state index in [9.17, 15) is 43.2 Å². The lowest BCUT2D eigenvalue weighted by Gasteiger charge is -2.37. The second-order valence-corrected chi connectivity index (χ2v) is 31.6. The van der Waals surface area contributed by atoms with Crippen molar-refractivity contribution in [3.63, 3.8) is 0 Å². The number of aliphatic imine (C=N–C) groups is 2. The molecule has 0 aromatic heterocycles. The highest BCUT2D eigenvalue weighted by atomic mass is 17.9. The number of ether oxygens (including phenoxy) is 5. The van der Waals surface area contributed by atoms with Gasteiger partial charge in [-0.05, 0) is 130 Å². The van der Waals surface area contributed by atoms with Gasteiger partial charge >= 0.3 is 5.97 Å². The number of benzene rings is 5. The summed E-state index contributed by atoms with van der Waals surface area (Å²) in [6, 6.07) is 30.1. The lowest BCUT2D eigenvalue weighted by Crippen LogP contribution is -2.46. The van der Waals surface area contributed by atoms with Gasteiger partial charge in [0.1, 0.15) is 13.2 Å². The van der Waals surface area contributed by atoms with Gasteiger partial charge in [0.2, 0.25) is 17.7 Å². The maximum atomic E-state index is 14.7. The van der Waals surface area contributed by atoms with Gasteiger partial charge in [0.25, 0.3) is 23.6 Å². The van der Waals surface area contributed by atoms with E-state index in [1.54, 1.807) is 41.8 Å². The molecule has 0 saturated carbocycles. The summed E-state index contributed by atoms with van der Waals surface area (Å²) in [5, 5.41) is 29.8. The fraction of sp³-hybridized carbons (Fsp3) is 0.449. The Bertz CT molecular complexity index is 4730. The van der Waals surface area contributed by atoms with Crippen molar-refractivity contribution in [2.45, 2.75) is 141 Å². The summed E-state index contributed by atoms with van der Waals surface area (Å²) in [6.07, 6.45) is 17.6. The van der Waals surface area contributed by atoms with E-state index in [0.717, 1.165) is 128 Å². The number of hydrogen-bond donors (Lipinski definition) is 3. The molecule has 8 aliphatic heterocycles. The standard InChI is InChI=1S/C89H106N12O22/c1-59(2)71(51-86(107)117-119-121-123-122-120-118-116-45-31-91-83(104)30-32-99-84(105)28-29-85(99)106)87(108)94-74(14-9-10-15-82(90)103)77(102)46-61-16-18-62(19-17-61)58-115-60(3)96-37-39-98(40-38-96)68-26-22-64(23-27-68)66-48-70-55-93-76-53-81-79(50-73(76)89(110)101(70)57-66)112-42-12-8-6-5-7-11-41-111-78-49-72-75(52-80(78)113-43-13-44-114-81)92-54-69-47-65(56-100(69)88(72)109)63-20-24-67(25-21-63)97-35-33-95(4)34-36-97/h16-29,49-50,52-57,59,69-71,74H,3,5-15,30-48,51,58H2,1-2,4H3,(H2,90,103)(H,91,104)(H,94,108)/t69-,70-,71-,74-/m0/s1. The van der Waals surface area contributed by atoms with E-state index in [1.807, 2.05) is 55.2 Å². The molecular formula is C89H106N12O22. The first-order chi connectivity index (χ1) is 59.7. The van der Waals surface area contributed by atoms with Crippen LogP contribution in [0.1, 0.15) is 153 Å². The van der Waals surface area contributed by atoms with E-state index >= 15 is 0 Å². The molecule has 0 radical (unpaired) electrons. The number of amides is 7. The molecule has 8 aliphatic rings. The van der Waals surface area contributed by atoms with Crippen LogP contribution in [-0.2, 0) is 91.3 Å². The minimum Gasteiger partial charge on any atom is -0.490 e. The Balaban J connectivity index is 0.535. The summed E-state index contributed by atoms with van der Waals surface area (Å²) in [6.45, 7) is 15.8. The normalized spacial score (nSPS) is 18.7. The predicted molar refractivity (Wildman–Crippen MR) is 449 cm³/mol. The largest absolute Gasteiger partial charge is 0.490 e. The van der Waals surface area contributed by atoms with Crippen molar-refractivity contribution >= 4 is 99.4 Å². The van der Waals surface area contributed by atoms with Gasteiger partial charge in [-0.2, -0.15) is 0 Å². The highest BCUT2D eigenvalue weighted by Gasteiger charge is 2.38. The van der Waals surface area contributed by atoms with Crippen LogP contribution in [0.5, 0.6) is 23.0 Å². The van der Waals surface area contributed by atoms with Gasteiger partial charge in [-0.3, -0.25) is 58.1 Å². The summed E-state index contributed by atoms with van der Waals surface area (Å²) in [4.78, 5) is 149. The number of anilines is 2. The molecule has 7 amide bonds. The highest BCUT2D eigenvalue weighted by Crippen LogP contribution is 2.43. The quantitative estimate of drug-likeness (QED) is 0.0113. The van der Waals surface area contributed by atoms with E-state index in [0.29, 0.717) is 115 Å². The van der Waals surface area contributed by atoms with Crippen LogP contribution < -0.4 is 45.1 Å². The molecule has 4 atom stereocenters. The van der Waals surface area contributed by atoms with Crippen LogP contribution in [0.25, 0.3) is 11.1 Å². The number of hydrogen-bond acceptors (Lipinski definition) is 28. The van der Waals surface area contributed by atoms with Crippen LogP contribution >= 0.6 is 0 Å². The molecule has 2 fully saturated rings. The van der Waals surface area contributed by atoms with Gasteiger partial charge in [-0.1, -0.05) is 94.5 Å². The van der Waals surface area contributed by atoms with Crippen molar-refractivity contribution in [3.05, 3.63) is 167 Å². The number of nitrogens with zero attached hydrogens (tertiary/aromatic N) is 9. The molecular weight excluding hydrogens is 1590 g/mol. The second kappa shape index (κ2) is 43.7. The van der Waals surface area contributed by atoms with Crippen molar-refractivity contribution in [1.29, 1.82) is 0 Å². The number of ketones is 1. The van der Waals surface area contributed by atoms with Gasteiger partial charge in [-0.15, -0.1) is 0 Å². The van der Waals surface area contributed by atoms with Crippen molar-refractivity contribution in [2.75, 3.05) is 115 Å². The maximum Gasteiger partial charge on any atom is 0.346 e. The maximum absolute atomic E-state index is 14.7. The number of unbranched alkanes of at least 4 members (excludes halogenated alkanes) is 1. The minimum absolute atomic E-state index is 0.0367. The molecule has 0 unspecified atom stereocenters. The van der Waals surface area contributed by atoms with E-state index in [-0.39, 0.29) is 94.9 Å². The fourth-order valence-corrected chi connectivity index (χ4v) is 15.6. The van der Waals surface area contributed by atoms with Gasteiger partial charge in [0, 0.05) is 180 Å². The molecule has 34 nitrogen and oxygen atoms in total. The molecule has 123 heavy (non-hydrogen) atoms. The number of carbonyl (C=O) groups is 9.